The van der Waals surface area contributed by atoms with Crippen LogP contribution >= 0.6 is 0 Å². The summed E-state index contributed by atoms with van der Waals surface area (Å²) in [6.07, 6.45) is 4.15. The third kappa shape index (κ3) is 2.19. The average molecular weight is 258 g/mol. The zero-order valence-electron chi connectivity index (χ0n) is 11.0. The molecule has 1 saturated heterocycles. The minimum Gasteiger partial charge on any atom is -0.466 e. The predicted molar refractivity (Wildman–Crippen MR) is 71.7 cm³/mol. The van der Waals surface area contributed by atoms with E-state index in [0.29, 0.717) is 0 Å². The van der Waals surface area contributed by atoms with E-state index in [1.54, 1.807) is 0 Å². The van der Waals surface area contributed by atoms with Crippen LogP contribution in [0.2, 0.25) is 0 Å². The Morgan fingerprint density at radius 1 is 1.32 bits per heavy atom. The Kier molecular flexibility index (Phi) is 3.38. The van der Waals surface area contributed by atoms with Crippen LogP contribution in [0, 0.1) is 5.92 Å². The second-order valence-corrected chi connectivity index (χ2v) is 5.13. The van der Waals surface area contributed by atoms with E-state index in [0.717, 1.165) is 25.0 Å². The lowest BCUT2D eigenvalue weighted by atomic mass is 9.87. The lowest BCUT2D eigenvalue weighted by molar-refractivity contribution is -0.137. The molecule has 0 amide bonds. The number of rotatable bonds is 2. The molecule has 1 aromatic carbocycles. The topological polar surface area (TPSA) is 35.5 Å². The van der Waals surface area contributed by atoms with E-state index in [4.69, 9.17) is 9.47 Å². The standard InChI is InChI=1S/C16H18O3/c1-18-16(17)14-10-13(11-6-3-2-4-7-11)15-12(14)8-5-9-19-15/h2-4,6-7,10,12-13,15H,5,8-9H2,1H3/t12-,13+,15-/m0/s1. The van der Waals surface area contributed by atoms with Crippen molar-refractivity contribution in [2.24, 2.45) is 5.92 Å². The molecule has 19 heavy (non-hydrogen) atoms. The summed E-state index contributed by atoms with van der Waals surface area (Å²) in [5.74, 6) is 0.144. The third-order valence-electron chi connectivity index (χ3n) is 4.08. The van der Waals surface area contributed by atoms with Crippen LogP contribution in [-0.4, -0.2) is 25.8 Å². The molecule has 0 unspecified atom stereocenters. The minimum atomic E-state index is -0.209. The normalized spacial score (nSPS) is 29.5. The van der Waals surface area contributed by atoms with E-state index in [2.05, 4.69) is 12.1 Å². The van der Waals surface area contributed by atoms with Gasteiger partial charge < -0.3 is 9.47 Å². The fourth-order valence-corrected chi connectivity index (χ4v) is 3.20. The first kappa shape index (κ1) is 12.4. The van der Waals surface area contributed by atoms with E-state index in [9.17, 15) is 4.79 Å². The Labute approximate surface area is 113 Å². The molecule has 3 rings (SSSR count). The summed E-state index contributed by atoms with van der Waals surface area (Å²) in [6.45, 7) is 0.785. The van der Waals surface area contributed by atoms with Crippen molar-refractivity contribution in [2.45, 2.75) is 24.9 Å². The van der Waals surface area contributed by atoms with Crippen LogP contribution in [0.3, 0.4) is 0 Å². The quantitative estimate of drug-likeness (QED) is 0.765. The zero-order valence-corrected chi connectivity index (χ0v) is 11.0. The van der Waals surface area contributed by atoms with Gasteiger partial charge in [-0.25, -0.2) is 4.79 Å². The number of methoxy groups -OCH3 is 1. The lowest BCUT2D eigenvalue weighted by Gasteiger charge is -2.31. The van der Waals surface area contributed by atoms with Crippen molar-refractivity contribution in [3.8, 4) is 0 Å². The van der Waals surface area contributed by atoms with Gasteiger partial charge in [-0.3, -0.25) is 0 Å². The molecule has 2 aliphatic rings. The fourth-order valence-electron chi connectivity index (χ4n) is 3.20. The van der Waals surface area contributed by atoms with E-state index in [1.807, 2.05) is 24.3 Å². The first-order valence-electron chi connectivity index (χ1n) is 6.78. The maximum Gasteiger partial charge on any atom is 0.333 e. The van der Waals surface area contributed by atoms with Crippen LogP contribution in [0.5, 0.6) is 0 Å². The van der Waals surface area contributed by atoms with Gasteiger partial charge in [0, 0.05) is 24.0 Å². The monoisotopic (exact) mass is 258 g/mol. The Morgan fingerprint density at radius 2 is 2.11 bits per heavy atom. The highest BCUT2D eigenvalue weighted by Gasteiger charge is 2.43. The molecule has 0 aromatic heterocycles. The molecule has 1 aromatic rings. The summed E-state index contributed by atoms with van der Waals surface area (Å²) in [4.78, 5) is 11.9. The Bertz CT molecular complexity index is 492. The molecule has 0 saturated carbocycles. The first-order valence-corrected chi connectivity index (χ1v) is 6.78. The van der Waals surface area contributed by atoms with Crippen molar-refractivity contribution in [3.05, 3.63) is 47.5 Å². The van der Waals surface area contributed by atoms with E-state index < -0.39 is 0 Å². The number of carbonyl (C=O) groups is 1. The molecule has 3 nitrogen and oxygen atoms in total. The fraction of sp³-hybridized carbons (Fsp3) is 0.438. The van der Waals surface area contributed by atoms with Gasteiger partial charge in [0.15, 0.2) is 0 Å². The van der Waals surface area contributed by atoms with Crippen LogP contribution in [-0.2, 0) is 14.3 Å². The van der Waals surface area contributed by atoms with Gasteiger partial charge in [-0.05, 0) is 18.4 Å². The summed E-state index contributed by atoms with van der Waals surface area (Å²) >= 11 is 0. The summed E-state index contributed by atoms with van der Waals surface area (Å²) in [5, 5.41) is 0. The summed E-state index contributed by atoms with van der Waals surface area (Å²) in [7, 11) is 1.44. The van der Waals surface area contributed by atoms with Crippen LogP contribution in [0.25, 0.3) is 0 Å². The number of ether oxygens (including phenoxy) is 2. The molecule has 3 atom stereocenters. The summed E-state index contributed by atoms with van der Waals surface area (Å²) in [6, 6.07) is 10.2. The number of hydrogen-bond donors (Lipinski definition) is 0. The highest BCUT2D eigenvalue weighted by atomic mass is 16.5. The maximum absolute atomic E-state index is 11.9. The molecular formula is C16H18O3. The molecule has 1 fully saturated rings. The van der Waals surface area contributed by atoms with Gasteiger partial charge in [-0.1, -0.05) is 36.4 Å². The molecule has 100 valence electrons. The second-order valence-electron chi connectivity index (χ2n) is 5.13. The zero-order chi connectivity index (χ0) is 13.2. The van der Waals surface area contributed by atoms with Gasteiger partial charge in [-0.15, -0.1) is 0 Å². The number of hydrogen-bond acceptors (Lipinski definition) is 3. The molecule has 0 spiro atoms. The predicted octanol–water partition coefficient (Wildman–Crippen LogP) is 2.68. The lowest BCUT2D eigenvalue weighted by Crippen LogP contribution is -2.32. The van der Waals surface area contributed by atoms with Gasteiger partial charge in [0.05, 0.1) is 13.2 Å². The summed E-state index contributed by atoms with van der Waals surface area (Å²) in [5.41, 5.74) is 2.00. The molecule has 1 aliphatic carbocycles. The highest BCUT2D eigenvalue weighted by molar-refractivity contribution is 5.90. The first-order chi connectivity index (χ1) is 9.31. The molecule has 0 radical (unpaired) electrons. The van der Waals surface area contributed by atoms with Crippen LogP contribution in [0.4, 0.5) is 0 Å². The number of fused-ring (bicyclic) bond motifs is 1. The van der Waals surface area contributed by atoms with Crippen molar-refractivity contribution in [3.63, 3.8) is 0 Å². The Morgan fingerprint density at radius 3 is 2.84 bits per heavy atom. The summed E-state index contributed by atoms with van der Waals surface area (Å²) < 4.78 is 10.8. The van der Waals surface area contributed by atoms with Crippen molar-refractivity contribution in [1.29, 1.82) is 0 Å². The molecule has 0 bridgehead atoms. The molecule has 0 N–H and O–H groups in total. The molecule has 1 aliphatic heterocycles. The number of benzene rings is 1. The van der Waals surface area contributed by atoms with E-state index in [-0.39, 0.29) is 23.9 Å². The number of carbonyl (C=O) groups excluding carboxylic acids is 1. The molecule has 1 heterocycles. The van der Waals surface area contributed by atoms with Gasteiger partial charge in [0.1, 0.15) is 0 Å². The molecular weight excluding hydrogens is 240 g/mol. The van der Waals surface area contributed by atoms with Crippen molar-refractivity contribution in [2.75, 3.05) is 13.7 Å². The van der Waals surface area contributed by atoms with Crippen molar-refractivity contribution < 1.29 is 14.3 Å². The van der Waals surface area contributed by atoms with Gasteiger partial charge >= 0.3 is 5.97 Å². The van der Waals surface area contributed by atoms with Gasteiger partial charge in [-0.2, -0.15) is 0 Å². The SMILES string of the molecule is COC(=O)C1=C[C@H](c2ccccc2)[C@H]2OCCC[C@@H]12. The van der Waals surface area contributed by atoms with Crippen molar-refractivity contribution >= 4 is 5.97 Å². The van der Waals surface area contributed by atoms with Gasteiger partial charge in [0.25, 0.3) is 0 Å². The molecule has 3 heteroatoms. The Hall–Kier alpha value is -1.61. The van der Waals surface area contributed by atoms with Crippen LogP contribution in [0.15, 0.2) is 42.0 Å². The average Bonchev–Trinajstić information content (AvgIpc) is 2.87. The van der Waals surface area contributed by atoms with Crippen molar-refractivity contribution in [1.82, 2.24) is 0 Å². The second kappa shape index (κ2) is 5.17. The maximum atomic E-state index is 11.9. The van der Waals surface area contributed by atoms with Gasteiger partial charge in [0.2, 0.25) is 0 Å². The Balaban J connectivity index is 1.95. The highest BCUT2D eigenvalue weighted by Crippen LogP contribution is 2.44. The van der Waals surface area contributed by atoms with E-state index >= 15 is 0 Å². The third-order valence-corrected chi connectivity index (χ3v) is 4.08. The smallest absolute Gasteiger partial charge is 0.333 e. The van der Waals surface area contributed by atoms with Crippen LogP contribution < -0.4 is 0 Å². The van der Waals surface area contributed by atoms with E-state index in [1.165, 1.54) is 12.7 Å². The number of esters is 1. The largest absolute Gasteiger partial charge is 0.466 e. The minimum absolute atomic E-state index is 0.0882. The van der Waals surface area contributed by atoms with Crippen LogP contribution in [0.1, 0.15) is 24.3 Å².